The summed E-state index contributed by atoms with van der Waals surface area (Å²) in [7, 11) is 0. The van der Waals surface area contributed by atoms with Crippen molar-refractivity contribution in [3.05, 3.63) is 18.3 Å². The minimum atomic E-state index is 0.622. The summed E-state index contributed by atoms with van der Waals surface area (Å²) < 4.78 is 5.56. The van der Waals surface area contributed by atoms with Gasteiger partial charge in [0.15, 0.2) is 0 Å². The van der Waals surface area contributed by atoms with Crippen molar-refractivity contribution in [2.75, 3.05) is 12.0 Å². The van der Waals surface area contributed by atoms with Crippen molar-refractivity contribution >= 4 is 5.82 Å². The van der Waals surface area contributed by atoms with Crippen LogP contribution in [0.25, 0.3) is 0 Å². The molecule has 0 atom stereocenters. The van der Waals surface area contributed by atoms with Crippen LogP contribution in [0.15, 0.2) is 18.3 Å². The molecular formula is C11H19N3O. The molecule has 0 fully saturated rings. The third kappa shape index (κ3) is 4.65. The summed E-state index contributed by atoms with van der Waals surface area (Å²) >= 11 is 0. The van der Waals surface area contributed by atoms with E-state index in [9.17, 15) is 0 Å². The molecule has 0 radical (unpaired) electrons. The number of hydrogen-bond acceptors (Lipinski definition) is 4. The van der Waals surface area contributed by atoms with Gasteiger partial charge in [0, 0.05) is 12.3 Å². The number of hydrogen-bond donors (Lipinski definition) is 2. The molecule has 0 saturated heterocycles. The van der Waals surface area contributed by atoms with E-state index in [1.165, 1.54) is 6.42 Å². The van der Waals surface area contributed by atoms with Gasteiger partial charge in [0.1, 0.15) is 11.6 Å². The van der Waals surface area contributed by atoms with Crippen molar-refractivity contribution in [3.8, 4) is 5.75 Å². The lowest BCUT2D eigenvalue weighted by Gasteiger charge is -2.08. The van der Waals surface area contributed by atoms with Crippen LogP contribution in [0.4, 0.5) is 5.82 Å². The van der Waals surface area contributed by atoms with E-state index in [-0.39, 0.29) is 0 Å². The molecule has 0 bridgehead atoms. The molecule has 0 spiro atoms. The molecule has 0 aliphatic rings. The van der Waals surface area contributed by atoms with Gasteiger partial charge >= 0.3 is 0 Å². The van der Waals surface area contributed by atoms with Crippen molar-refractivity contribution in [1.82, 2.24) is 4.98 Å². The first-order chi connectivity index (χ1) is 7.22. The molecule has 0 saturated carbocycles. The highest BCUT2D eigenvalue weighted by molar-refractivity contribution is 5.39. The molecular weight excluding hydrogens is 190 g/mol. The predicted octanol–water partition coefficient (Wildman–Crippen LogP) is 2.18. The largest absolute Gasteiger partial charge is 0.493 e. The summed E-state index contributed by atoms with van der Waals surface area (Å²) in [6.07, 6.45) is 3.94. The van der Waals surface area contributed by atoms with Gasteiger partial charge in [0.2, 0.25) is 0 Å². The number of anilines is 1. The number of rotatable bonds is 6. The number of nitrogens with zero attached hydrogens (tertiary/aromatic N) is 1. The van der Waals surface area contributed by atoms with Gasteiger partial charge in [-0.2, -0.15) is 0 Å². The number of nitrogens with one attached hydrogen (secondary N) is 1. The minimum absolute atomic E-state index is 0.622. The van der Waals surface area contributed by atoms with Gasteiger partial charge in [0.05, 0.1) is 6.61 Å². The molecule has 1 aromatic rings. The summed E-state index contributed by atoms with van der Waals surface area (Å²) in [6, 6.07) is 3.62. The van der Waals surface area contributed by atoms with Crippen molar-refractivity contribution < 1.29 is 4.74 Å². The van der Waals surface area contributed by atoms with Crippen LogP contribution < -0.4 is 16.0 Å². The normalized spacial score (nSPS) is 10.4. The lowest BCUT2D eigenvalue weighted by molar-refractivity contribution is 0.297. The minimum Gasteiger partial charge on any atom is -0.493 e. The summed E-state index contributed by atoms with van der Waals surface area (Å²) in [5, 5.41) is 0. The van der Waals surface area contributed by atoms with Crippen LogP contribution in [0, 0.1) is 5.92 Å². The SMILES string of the molecule is CC(C)CCCOc1ccnc(NN)c1. The summed E-state index contributed by atoms with van der Waals surface area (Å²) in [5.41, 5.74) is 2.48. The Balaban J connectivity index is 2.30. The fourth-order valence-corrected chi connectivity index (χ4v) is 1.26. The molecule has 0 aliphatic carbocycles. The van der Waals surface area contributed by atoms with Crippen molar-refractivity contribution in [3.63, 3.8) is 0 Å². The standard InChI is InChI=1S/C11H19N3O/c1-9(2)4-3-7-15-10-5-6-13-11(8-10)14-12/h5-6,8-9H,3-4,7,12H2,1-2H3,(H,13,14). The number of hydrazine groups is 1. The van der Waals surface area contributed by atoms with Gasteiger partial charge in [-0.15, -0.1) is 0 Å². The molecule has 3 N–H and O–H groups in total. The van der Waals surface area contributed by atoms with E-state index in [0.29, 0.717) is 5.82 Å². The third-order valence-corrected chi connectivity index (χ3v) is 2.07. The first-order valence-electron chi connectivity index (χ1n) is 5.28. The molecule has 15 heavy (non-hydrogen) atoms. The Labute approximate surface area is 90.8 Å². The molecule has 0 amide bonds. The first-order valence-corrected chi connectivity index (χ1v) is 5.28. The Morgan fingerprint density at radius 3 is 3.00 bits per heavy atom. The zero-order valence-corrected chi connectivity index (χ0v) is 9.36. The van der Waals surface area contributed by atoms with Gasteiger partial charge in [-0.3, -0.25) is 0 Å². The van der Waals surface area contributed by atoms with E-state index in [2.05, 4.69) is 24.3 Å². The molecule has 0 unspecified atom stereocenters. The smallest absolute Gasteiger partial charge is 0.143 e. The van der Waals surface area contributed by atoms with Crippen LogP contribution in [0.1, 0.15) is 26.7 Å². The Morgan fingerprint density at radius 1 is 1.53 bits per heavy atom. The Morgan fingerprint density at radius 2 is 2.33 bits per heavy atom. The average Bonchev–Trinajstić information content (AvgIpc) is 2.24. The lowest BCUT2D eigenvalue weighted by atomic mass is 10.1. The van der Waals surface area contributed by atoms with Gasteiger partial charge < -0.3 is 10.2 Å². The number of nitrogen functional groups attached to an aromatic ring is 1. The van der Waals surface area contributed by atoms with Crippen LogP contribution in [0.2, 0.25) is 0 Å². The molecule has 1 heterocycles. The second-order valence-electron chi connectivity index (χ2n) is 3.91. The average molecular weight is 209 g/mol. The number of nitrogens with two attached hydrogens (primary N) is 1. The molecule has 4 heteroatoms. The molecule has 84 valence electrons. The van der Waals surface area contributed by atoms with E-state index in [1.54, 1.807) is 12.3 Å². The zero-order valence-electron chi connectivity index (χ0n) is 9.36. The number of pyridine rings is 1. The highest BCUT2D eigenvalue weighted by Gasteiger charge is 1.97. The van der Waals surface area contributed by atoms with E-state index in [4.69, 9.17) is 10.6 Å². The van der Waals surface area contributed by atoms with Crippen LogP contribution in [-0.4, -0.2) is 11.6 Å². The van der Waals surface area contributed by atoms with Gasteiger partial charge in [0.25, 0.3) is 0 Å². The zero-order chi connectivity index (χ0) is 11.1. The monoisotopic (exact) mass is 209 g/mol. The van der Waals surface area contributed by atoms with Crippen LogP contribution >= 0.6 is 0 Å². The molecule has 0 aromatic carbocycles. The maximum atomic E-state index is 5.56. The predicted molar refractivity (Wildman–Crippen MR) is 61.6 cm³/mol. The van der Waals surface area contributed by atoms with Crippen LogP contribution in [0.5, 0.6) is 5.75 Å². The first kappa shape index (κ1) is 11.8. The second kappa shape index (κ2) is 6.24. The van der Waals surface area contributed by atoms with Gasteiger partial charge in [-0.25, -0.2) is 10.8 Å². The second-order valence-corrected chi connectivity index (χ2v) is 3.91. The number of ether oxygens (including phenoxy) is 1. The third-order valence-electron chi connectivity index (χ3n) is 2.07. The summed E-state index contributed by atoms with van der Waals surface area (Å²) in [4.78, 5) is 4.00. The molecule has 1 rings (SSSR count). The maximum Gasteiger partial charge on any atom is 0.143 e. The Hall–Kier alpha value is -1.29. The van der Waals surface area contributed by atoms with E-state index >= 15 is 0 Å². The molecule has 4 nitrogen and oxygen atoms in total. The van der Waals surface area contributed by atoms with Crippen LogP contribution in [0.3, 0.4) is 0 Å². The van der Waals surface area contributed by atoms with Crippen LogP contribution in [-0.2, 0) is 0 Å². The summed E-state index contributed by atoms with van der Waals surface area (Å²) in [5.74, 6) is 7.40. The number of aromatic nitrogens is 1. The van der Waals surface area contributed by atoms with Gasteiger partial charge in [-0.1, -0.05) is 13.8 Å². The lowest BCUT2D eigenvalue weighted by Crippen LogP contribution is -2.08. The highest BCUT2D eigenvalue weighted by atomic mass is 16.5. The topological polar surface area (TPSA) is 60.2 Å². The van der Waals surface area contributed by atoms with E-state index in [1.807, 2.05) is 6.07 Å². The maximum absolute atomic E-state index is 5.56. The Bertz CT molecular complexity index is 289. The van der Waals surface area contributed by atoms with E-state index in [0.717, 1.165) is 24.7 Å². The van der Waals surface area contributed by atoms with Crippen molar-refractivity contribution in [2.45, 2.75) is 26.7 Å². The van der Waals surface area contributed by atoms with E-state index < -0.39 is 0 Å². The van der Waals surface area contributed by atoms with Gasteiger partial charge in [-0.05, 0) is 24.8 Å². The summed E-state index contributed by atoms with van der Waals surface area (Å²) in [6.45, 7) is 5.16. The quantitative estimate of drug-likeness (QED) is 0.428. The fraction of sp³-hybridized carbons (Fsp3) is 0.545. The Kier molecular flexibility index (Phi) is 4.90. The van der Waals surface area contributed by atoms with Crippen molar-refractivity contribution in [1.29, 1.82) is 0 Å². The fourth-order valence-electron chi connectivity index (χ4n) is 1.26. The molecule has 1 aromatic heterocycles. The molecule has 0 aliphatic heterocycles. The van der Waals surface area contributed by atoms with Crippen molar-refractivity contribution in [2.24, 2.45) is 11.8 Å². The highest BCUT2D eigenvalue weighted by Crippen LogP contribution is 2.14.